The number of esters is 1. The third kappa shape index (κ3) is 43.2. The minimum Gasteiger partial charge on any atom is -0.463 e. The van der Waals surface area contributed by atoms with Crippen LogP contribution in [0.1, 0.15) is 142 Å². The predicted molar refractivity (Wildman–Crippen MR) is 190 cm³/mol. The van der Waals surface area contributed by atoms with Crippen LogP contribution in [0.15, 0.2) is 0 Å². The Morgan fingerprint density at radius 2 is 0.553 bits per heavy atom. The first-order valence-corrected chi connectivity index (χ1v) is 19.5. The third-order valence-electron chi connectivity index (χ3n) is 7.85. The van der Waals surface area contributed by atoms with Gasteiger partial charge in [0.1, 0.15) is 6.61 Å². The SMILES string of the molecule is CCCCCCCCCCCCCCCCCC(=O)OCCOCCOCCOCCOCCOCCOCCOCCCCCC. The van der Waals surface area contributed by atoms with Gasteiger partial charge in [-0.15, -0.1) is 0 Å². The second-order valence-corrected chi connectivity index (χ2v) is 12.3. The zero-order chi connectivity index (χ0) is 34.0. The predicted octanol–water partition coefficient (Wildman–Crippen LogP) is 8.49. The van der Waals surface area contributed by atoms with Crippen LogP contribution in [0.25, 0.3) is 0 Å². The molecule has 0 unspecified atom stereocenters. The van der Waals surface area contributed by atoms with Crippen LogP contribution in [0.2, 0.25) is 0 Å². The normalized spacial score (nSPS) is 11.4. The summed E-state index contributed by atoms with van der Waals surface area (Å²) in [5, 5.41) is 0. The Morgan fingerprint density at radius 3 is 0.894 bits per heavy atom. The molecule has 0 saturated heterocycles. The summed E-state index contributed by atoms with van der Waals surface area (Å²) >= 11 is 0. The maximum absolute atomic E-state index is 11.9. The zero-order valence-electron chi connectivity index (χ0n) is 30.9. The molecule has 0 aromatic rings. The smallest absolute Gasteiger partial charge is 0.305 e. The van der Waals surface area contributed by atoms with Crippen molar-refractivity contribution in [2.45, 2.75) is 142 Å². The fourth-order valence-corrected chi connectivity index (χ4v) is 4.98. The van der Waals surface area contributed by atoms with Crippen molar-refractivity contribution in [3.8, 4) is 0 Å². The van der Waals surface area contributed by atoms with Crippen LogP contribution >= 0.6 is 0 Å². The van der Waals surface area contributed by atoms with Gasteiger partial charge in [0.25, 0.3) is 0 Å². The first-order valence-electron chi connectivity index (χ1n) is 19.5. The average Bonchev–Trinajstić information content (AvgIpc) is 3.08. The monoisotopic (exact) mass is 677 g/mol. The summed E-state index contributed by atoms with van der Waals surface area (Å²) in [6, 6.07) is 0. The van der Waals surface area contributed by atoms with Gasteiger partial charge in [-0.3, -0.25) is 4.79 Å². The van der Waals surface area contributed by atoms with Gasteiger partial charge >= 0.3 is 5.97 Å². The quantitative estimate of drug-likeness (QED) is 0.0466. The first kappa shape index (κ1) is 46.2. The molecule has 282 valence electrons. The highest BCUT2D eigenvalue weighted by molar-refractivity contribution is 5.69. The molecule has 0 fully saturated rings. The summed E-state index contributed by atoms with van der Waals surface area (Å²) < 4.78 is 43.7. The van der Waals surface area contributed by atoms with Crippen molar-refractivity contribution < 1.29 is 42.7 Å². The number of hydrogen-bond donors (Lipinski definition) is 0. The van der Waals surface area contributed by atoms with Gasteiger partial charge in [-0.2, -0.15) is 0 Å². The van der Waals surface area contributed by atoms with Crippen LogP contribution in [-0.4, -0.2) is 105 Å². The number of unbranched alkanes of at least 4 members (excludes halogenated alkanes) is 17. The van der Waals surface area contributed by atoms with E-state index in [4.69, 9.17) is 37.9 Å². The van der Waals surface area contributed by atoms with Gasteiger partial charge < -0.3 is 37.9 Å². The van der Waals surface area contributed by atoms with Gasteiger partial charge in [0.15, 0.2) is 0 Å². The minimum atomic E-state index is -0.122. The molecule has 0 aliphatic carbocycles. The lowest BCUT2D eigenvalue weighted by molar-refractivity contribution is -0.145. The zero-order valence-corrected chi connectivity index (χ0v) is 30.9. The lowest BCUT2D eigenvalue weighted by Crippen LogP contribution is -2.15. The molecule has 0 saturated carbocycles. The summed E-state index contributed by atoms with van der Waals surface area (Å²) in [7, 11) is 0. The Morgan fingerprint density at radius 1 is 0.298 bits per heavy atom. The first-order chi connectivity index (χ1) is 23.3. The Hall–Kier alpha value is -0.810. The van der Waals surface area contributed by atoms with Crippen LogP contribution in [0, 0.1) is 0 Å². The van der Waals surface area contributed by atoms with Crippen LogP contribution in [-0.2, 0) is 42.7 Å². The van der Waals surface area contributed by atoms with E-state index in [1.807, 2.05) is 0 Å². The molecular formula is C38H76O9. The molecule has 9 heteroatoms. The maximum atomic E-state index is 11.9. The molecule has 0 N–H and O–H groups in total. The molecule has 0 spiro atoms. The fourth-order valence-electron chi connectivity index (χ4n) is 4.98. The van der Waals surface area contributed by atoms with Crippen LogP contribution in [0.4, 0.5) is 0 Å². The molecule has 0 rings (SSSR count). The molecule has 0 amide bonds. The summed E-state index contributed by atoms with van der Waals surface area (Å²) in [6.45, 7) is 12.5. The van der Waals surface area contributed by atoms with E-state index >= 15 is 0 Å². The molecule has 0 atom stereocenters. The third-order valence-corrected chi connectivity index (χ3v) is 7.85. The van der Waals surface area contributed by atoms with Gasteiger partial charge in [-0.05, 0) is 12.8 Å². The molecule has 0 aromatic carbocycles. The van der Waals surface area contributed by atoms with Crippen molar-refractivity contribution >= 4 is 5.97 Å². The Kier molecular flexibility index (Phi) is 42.5. The van der Waals surface area contributed by atoms with Crippen molar-refractivity contribution in [1.29, 1.82) is 0 Å². The van der Waals surface area contributed by atoms with E-state index in [0.717, 1.165) is 25.9 Å². The molecule has 0 aliphatic rings. The molecular weight excluding hydrogens is 600 g/mol. The second kappa shape index (κ2) is 43.2. The molecule has 47 heavy (non-hydrogen) atoms. The molecule has 0 aromatic heterocycles. The van der Waals surface area contributed by atoms with Gasteiger partial charge in [-0.1, -0.05) is 123 Å². The fraction of sp³-hybridized carbons (Fsp3) is 0.974. The van der Waals surface area contributed by atoms with Gasteiger partial charge in [0.05, 0.1) is 85.9 Å². The van der Waals surface area contributed by atoms with E-state index < -0.39 is 0 Å². The van der Waals surface area contributed by atoms with E-state index in [0.29, 0.717) is 98.9 Å². The highest BCUT2D eigenvalue weighted by Gasteiger charge is 2.03. The number of hydrogen-bond acceptors (Lipinski definition) is 9. The maximum Gasteiger partial charge on any atom is 0.305 e. The van der Waals surface area contributed by atoms with E-state index in [2.05, 4.69) is 13.8 Å². The molecule has 0 bridgehead atoms. The summed E-state index contributed by atoms with van der Waals surface area (Å²) in [6.07, 6.45) is 25.2. The van der Waals surface area contributed by atoms with Gasteiger partial charge in [0, 0.05) is 13.0 Å². The van der Waals surface area contributed by atoms with Crippen LogP contribution < -0.4 is 0 Å². The average molecular weight is 677 g/mol. The van der Waals surface area contributed by atoms with Crippen molar-refractivity contribution in [3.63, 3.8) is 0 Å². The molecule has 9 nitrogen and oxygen atoms in total. The topological polar surface area (TPSA) is 90.9 Å². The van der Waals surface area contributed by atoms with Gasteiger partial charge in [-0.25, -0.2) is 0 Å². The minimum absolute atomic E-state index is 0.122. The van der Waals surface area contributed by atoms with Gasteiger partial charge in [0.2, 0.25) is 0 Å². The van der Waals surface area contributed by atoms with Crippen LogP contribution in [0.3, 0.4) is 0 Å². The lowest BCUT2D eigenvalue weighted by Gasteiger charge is -2.09. The van der Waals surface area contributed by atoms with E-state index in [9.17, 15) is 4.79 Å². The Bertz CT molecular complexity index is 579. The van der Waals surface area contributed by atoms with E-state index in [1.54, 1.807) is 0 Å². The van der Waals surface area contributed by atoms with Crippen molar-refractivity contribution in [2.24, 2.45) is 0 Å². The van der Waals surface area contributed by atoms with E-state index in [1.165, 1.54) is 103 Å². The second-order valence-electron chi connectivity index (χ2n) is 12.3. The number of ether oxygens (including phenoxy) is 8. The number of carbonyl (C=O) groups excluding carboxylic acids is 1. The van der Waals surface area contributed by atoms with Crippen LogP contribution in [0.5, 0.6) is 0 Å². The molecule has 0 aliphatic heterocycles. The Balaban J connectivity index is 3.13. The molecule has 0 radical (unpaired) electrons. The number of rotatable bonds is 42. The largest absolute Gasteiger partial charge is 0.463 e. The highest BCUT2D eigenvalue weighted by Crippen LogP contribution is 2.14. The summed E-state index contributed by atoms with van der Waals surface area (Å²) in [5.41, 5.74) is 0. The number of carbonyl (C=O) groups is 1. The molecule has 0 heterocycles. The lowest BCUT2D eigenvalue weighted by atomic mass is 10.0. The standard InChI is InChI=1S/C38H76O9/c1-3-5-7-9-10-11-12-13-14-15-16-17-18-19-20-22-38(39)47-37-36-46-35-34-45-33-32-44-31-30-43-29-28-42-27-26-41-25-24-40-23-21-8-6-4-2/h3-37H2,1-2H3. The summed E-state index contributed by atoms with van der Waals surface area (Å²) in [4.78, 5) is 11.9. The summed E-state index contributed by atoms with van der Waals surface area (Å²) in [5.74, 6) is -0.122. The van der Waals surface area contributed by atoms with Crippen molar-refractivity contribution in [2.75, 3.05) is 99.1 Å². The Labute approximate surface area is 289 Å². The highest BCUT2D eigenvalue weighted by atomic mass is 16.6. The van der Waals surface area contributed by atoms with Crippen molar-refractivity contribution in [3.05, 3.63) is 0 Å². The van der Waals surface area contributed by atoms with Crippen molar-refractivity contribution in [1.82, 2.24) is 0 Å². The van der Waals surface area contributed by atoms with E-state index in [-0.39, 0.29) is 5.97 Å².